The van der Waals surface area contributed by atoms with Crippen molar-refractivity contribution >= 4 is 11.9 Å². The zero-order chi connectivity index (χ0) is 33.1. The first-order valence-corrected chi connectivity index (χ1v) is 17.3. The van der Waals surface area contributed by atoms with Crippen molar-refractivity contribution in [1.29, 1.82) is 0 Å². The summed E-state index contributed by atoms with van der Waals surface area (Å²) < 4.78 is 11.9. The van der Waals surface area contributed by atoms with Crippen molar-refractivity contribution in [2.45, 2.75) is 149 Å². The molecule has 6 aliphatic rings. The number of ether oxygens (including phenoxy) is 2. The fraction of sp³-hybridized carbons (Fsp3) is 0.889. The molecule has 0 aromatic rings. The molecule has 0 bridgehead atoms. The molecule has 0 aromatic carbocycles. The maximum Gasteiger partial charge on any atom is 0.335 e. The fourth-order valence-corrected chi connectivity index (χ4v) is 12.2. The van der Waals surface area contributed by atoms with Crippen LogP contribution in [0.5, 0.6) is 0 Å². The number of carboxylic acid groups (broad SMARTS) is 2. The molecule has 9 nitrogen and oxygen atoms in total. The van der Waals surface area contributed by atoms with E-state index in [9.17, 15) is 35.1 Å². The second kappa shape index (κ2) is 10.5. The molecule has 9 heteroatoms. The molecule has 1 heterocycles. The number of aliphatic hydroxyl groups excluding tert-OH is 3. The Labute approximate surface area is 267 Å². The SMILES string of the molecule is CC1(C)CC[C@]2(C(=O)O)CC[C@]3(C)C(=CCC4[C@@]5(C)CC[C@H](O[C@@H]6O[C@H](C(=O)O)[C@@H](O)[C@H](O)[C@H]6O)C(C)(C)[C@@H]5CC[C@]43C)[C@@H]2C1. The molecule has 1 aliphatic heterocycles. The van der Waals surface area contributed by atoms with E-state index >= 15 is 0 Å². The van der Waals surface area contributed by atoms with E-state index in [0.717, 1.165) is 57.8 Å². The van der Waals surface area contributed by atoms with Gasteiger partial charge in [-0.2, -0.15) is 0 Å². The van der Waals surface area contributed by atoms with Crippen LogP contribution < -0.4 is 0 Å². The lowest BCUT2D eigenvalue weighted by atomic mass is 9.33. The van der Waals surface area contributed by atoms with Crippen molar-refractivity contribution in [3.8, 4) is 0 Å². The first-order chi connectivity index (χ1) is 20.7. The summed E-state index contributed by atoms with van der Waals surface area (Å²) in [4.78, 5) is 24.6. The second-order valence-electron chi connectivity index (χ2n) is 17.9. The maximum absolute atomic E-state index is 12.9. The highest BCUT2D eigenvalue weighted by molar-refractivity contribution is 5.76. The molecular formula is C36H56O9. The smallest absolute Gasteiger partial charge is 0.335 e. The van der Waals surface area contributed by atoms with Gasteiger partial charge in [-0.05, 0) is 109 Å². The van der Waals surface area contributed by atoms with Crippen LogP contribution in [-0.4, -0.2) is 74.3 Å². The van der Waals surface area contributed by atoms with Gasteiger partial charge in [0.2, 0.25) is 0 Å². The van der Waals surface area contributed by atoms with E-state index in [-0.39, 0.29) is 39.1 Å². The third-order valence-electron chi connectivity index (χ3n) is 15.1. The van der Waals surface area contributed by atoms with Crippen molar-refractivity contribution in [2.24, 2.45) is 50.2 Å². The van der Waals surface area contributed by atoms with Gasteiger partial charge in [-0.25, -0.2) is 4.79 Å². The van der Waals surface area contributed by atoms with E-state index in [1.165, 1.54) is 5.57 Å². The average Bonchev–Trinajstić information content (AvgIpc) is 2.94. The fourth-order valence-electron chi connectivity index (χ4n) is 12.2. The topological polar surface area (TPSA) is 154 Å². The Balaban J connectivity index is 1.29. The first kappa shape index (κ1) is 33.4. The summed E-state index contributed by atoms with van der Waals surface area (Å²) in [7, 11) is 0. The number of hydrogen-bond acceptors (Lipinski definition) is 7. The van der Waals surface area contributed by atoms with Crippen LogP contribution in [0.1, 0.15) is 113 Å². The zero-order valence-corrected chi connectivity index (χ0v) is 28.2. The van der Waals surface area contributed by atoms with Gasteiger partial charge in [-0.1, -0.05) is 60.1 Å². The van der Waals surface area contributed by atoms with E-state index in [1.54, 1.807) is 0 Å². The van der Waals surface area contributed by atoms with Gasteiger partial charge in [0.05, 0.1) is 11.5 Å². The molecule has 254 valence electrons. The number of hydrogen-bond donors (Lipinski definition) is 5. The highest BCUT2D eigenvalue weighted by atomic mass is 16.7. The highest BCUT2D eigenvalue weighted by Crippen LogP contribution is 2.76. The summed E-state index contributed by atoms with van der Waals surface area (Å²) in [5, 5.41) is 51.4. The van der Waals surface area contributed by atoms with Crippen LogP contribution in [0.25, 0.3) is 0 Å². The van der Waals surface area contributed by atoms with Gasteiger partial charge >= 0.3 is 11.9 Å². The van der Waals surface area contributed by atoms with Gasteiger partial charge in [0.25, 0.3) is 0 Å². The Bertz CT molecular complexity index is 1260. The molecule has 6 rings (SSSR count). The van der Waals surface area contributed by atoms with E-state index in [4.69, 9.17) is 9.47 Å². The summed E-state index contributed by atoms with van der Waals surface area (Å²) in [5.74, 6) is -1.24. The predicted molar refractivity (Wildman–Crippen MR) is 166 cm³/mol. The van der Waals surface area contributed by atoms with Crippen molar-refractivity contribution in [3.05, 3.63) is 11.6 Å². The summed E-state index contributed by atoms with van der Waals surface area (Å²) in [6.45, 7) is 16.4. The van der Waals surface area contributed by atoms with E-state index in [1.807, 2.05) is 0 Å². The van der Waals surface area contributed by atoms with Crippen LogP contribution in [0.3, 0.4) is 0 Å². The van der Waals surface area contributed by atoms with Crippen LogP contribution in [0.2, 0.25) is 0 Å². The lowest BCUT2D eigenvalue weighted by Crippen LogP contribution is -2.66. The minimum atomic E-state index is -1.75. The van der Waals surface area contributed by atoms with Crippen LogP contribution in [0.4, 0.5) is 0 Å². The molecule has 45 heavy (non-hydrogen) atoms. The molecule has 1 saturated heterocycles. The minimum absolute atomic E-state index is 0.0000841. The zero-order valence-electron chi connectivity index (χ0n) is 28.2. The number of carboxylic acids is 2. The van der Waals surface area contributed by atoms with Gasteiger partial charge in [-0.3, -0.25) is 4.79 Å². The highest BCUT2D eigenvalue weighted by Gasteiger charge is 2.69. The molecular weight excluding hydrogens is 576 g/mol. The van der Waals surface area contributed by atoms with Crippen LogP contribution in [0, 0.1) is 50.2 Å². The molecule has 0 amide bonds. The van der Waals surface area contributed by atoms with Crippen molar-refractivity contribution in [3.63, 3.8) is 0 Å². The van der Waals surface area contributed by atoms with Crippen LogP contribution >= 0.6 is 0 Å². The monoisotopic (exact) mass is 632 g/mol. The second-order valence-corrected chi connectivity index (χ2v) is 17.9. The normalized spacial score (nSPS) is 51.9. The van der Waals surface area contributed by atoms with Crippen molar-refractivity contribution < 1.29 is 44.6 Å². The van der Waals surface area contributed by atoms with E-state index < -0.39 is 48.1 Å². The molecule has 13 atom stereocenters. The molecule has 1 unspecified atom stereocenters. The number of allylic oxidation sites excluding steroid dienone is 2. The summed E-state index contributed by atoms with van der Waals surface area (Å²) >= 11 is 0. The molecule has 0 aromatic heterocycles. The summed E-state index contributed by atoms with van der Waals surface area (Å²) in [6.07, 6.45) is 2.94. The average molecular weight is 633 g/mol. The van der Waals surface area contributed by atoms with Crippen LogP contribution in [-0.2, 0) is 19.1 Å². The molecule has 0 radical (unpaired) electrons. The Kier molecular flexibility index (Phi) is 7.78. The Hall–Kier alpha value is -1.52. The number of aliphatic carboxylic acids is 2. The van der Waals surface area contributed by atoms with Gasteiger partial charge in [-0.15, -0.1) is 0 Å². The predicted octanol–water partition coefficient (Wildman–Crippen LogP) is 5.15. The Morgan fingerprint density at radius 1 is 0.822 bits per heavy atom. The number of rotatable bonds is 4. The number of carbonyl (C=O) groups is 2. The largest absolute Gasteiger partial charge is 0.481 e. The van der Waals surface area contributed by atoms with Crippen molar-refractivity contribution in [2.75, 3.05) is 0 Å². The quantitative estimate of drug-likeness (QED) is 0.209. The number of fused-ring (bicyclic) bond motifs is 7. The molecule has 5 N–H and O–H groups in total. The van der Waals surface area contributed by atoms with Gasteiger partial charge in [0.15, 0.2) is 12.4 Å². The van der Waals surface area contributed by atoms with Gasteiger partial charge < -0.3 is 35.0 Å². The van der Waals surface area contributed by atoms with Gasteiger partial charge in [0.1, 0.15) is 18.3 Å². The van der Waals surface area contributed by atoms with Crippen LogP contribution in [0.15, 0.2) is 11.6 Å². The molecule has 5 aliphatic carbocycles. The molecule has 0 spiro atoms. The summed E-state index contributed by atoms with van der Waals surface area (Å²) in [6, 6.07) is 0. The number of aliphatic hydroxyl groups is 3. The lowest BCUT2D eigenvalue weighted by Gasteiger charge is -2.71. The molecule has 5 fully saturated rings. The lowest BCUT2D eigenvalue weighted by molar-refractivity contribution is -0.324. The third-order valence-corrected chi connectivity index (χ3v) is 15.1. The third kappa shape index (κ3) is 4.57. The first-order valence-electron chi connectivity index (χ1n) is 17.3. The van der Waals surface area contributed by atoms with E-state index in [0.29, 0.717) is 18.3 Å². The maximum atomic E-state index is 12.9. The standard InChI is InChI=1S/C36H56O9/c1-31(2)14-16-36(30(42)43)17-15-34(6)19(20(36)18-31)8-9-22-33(5)12-11-23(32(3,4)21(33)10-13-35(22,34)7)44-29-26(39)24(37)25(38)27(45-29)28(40)41/h8,20-27,29,37-39H,9-18H2,1-7H3,(H,40,41)(H,42,43)/t20-,21-,22?,23-,24-,25-,26+,27-,29+,33-,34+,35+,36-/m0/s1. The van der Waals surface area contributed by atoms with E-state index in [2.05, 4.69) is 54.5 Å². The summed E-state index contributed by atoms with van der Waals surface area (Å²) in [5.41, 5.74) is 0.508. The van der Waals surface area contributed by atoms with Gasteiger partial charge in [0, 0.05) is 0 Å². The van der Waals surface area contributed by atoms with Crippen molar-refractivity contribution in [1.82, 2.24) is 0 Å². The molecule has 4 saturated carbocycles. The Morgan fingerprint density at radius 2 is 1.49 bits per heavy atom. The Morgan fingerprint density at radius 3 is 2.13 bits per heavy atom. The minimum Gasteiger partial charge on any atom is -0.481 e.